The molecule has 6 atom stereocenters. The molecule has 3 fully saturated rings. The van der Waals surface area contributed by atoms with Crippen LogP contribution in [-0.4, -0.2) is 48.7 Å². The normalized spacial score (nSPS) is 39.8. The number of likely N-dealkylation sites (N-methyl/N-ethyl adjacent to an activating group) is 1. The first-order valence-corrected chi connectivity index (χ1v) is 12.0. The standard InChI is InChI=1S/C26H36N2O3/c1-5-31-18-12-17(13-27-14-18)20-7-8-21-19-6-9-23-26(3,16-30-15-24(29)28(23)4)22(19)10-11-25(20,21)2/h7,12-14,19,21-23H,5-6,8-11,15-16H2,1-4H3/t19-,21-,22-,23?,25+,26+/m0/s1. The van der Waals surface area contributed by atoms with Crippen molar-refractivity contribution in [3.05, 3.63) is 30.1 Å². The Morgan fingerprint density at radius 3 is 2.87 bits per heavy atom. The van der Waals surface area contributed by atoms with Crippen LogP contribution in [0, 0.1) is 28.6 Å². The van der Waals surface area contributed by atoms with Gasteiger partial charge in [0.05, 0.1) is 19.4 Å². The van der Waals surface area contributed by atoms with E-state index in [2.05, 4.69) is 31.0 Å². The third-order valence-electron chi connectivity index (χ3n) is 9.23. The smallest absolute Gasteiger partial charge is 0.248 e. The van der Waals surface area contributed by atoms with Crippen molar-refractivity contribution < 1.29 is 14.3 Å². The van der Waals surface area contributed by atoms with Crippen molar-refractivity contribution in [2.24, 2.45) is 28.6 Å². The maximum Gasteiger partial charge on any atom is 0.248 e. The molecule has 2 saturated carbocycles. The molecule has 31 heavy (non-hydrogen) atoms. The van der Waals surface area contributed by atoms with Crippen LogP contribution in [0.4, 0.5) is 0 Å². The number of nitrogens with zero attached hydrogens (tertiary/aromatic N) is 2. The highest BCUT2D eigenvalue weighted by Gasteiger charge is 2.59. The summed E-state index contributed by atoms with van der Waals surface area (Å²) in [5.74, 6) is 2.94. The topological polar surface area (TPSA) is 51.7 Å². The van der Waals surface area contributed by atoms with Crippen molar-refractivity contribution in [2.75, 3.05) is 26.9 Å². The van der Waals surface area contributed by atoms with Crippen LogP contribution in [0.3, 0.4) is 0 Å². The highest BCUT2D eigenvalue weighted by molar-refractivity contribution is 5.78. The van der Waals surface area contributed by atoms with E-state index in [0.29, 0.717) is 37.0 Å². The molecule has 0 bridgehead atoms. The Kier molecular flexibility index (Phi) is 5.16. The number of amides is 1. The minimum absolute atomic E-state index is 0.0460. The fourth-order valence-electron chi connectivity index (χ4n) is 7.74. The van der Waals surface area contributed by atoms with E-state index in [1.54, 1.807) is 0 Å². The van der Waals surface area contributed by atoms with Crippen molar-refractivity contribution in [1.82, 2.24) is 9.88 Å². The summed E-state index contributed by atoms with van der Waals surface area (Å²) in [6.45, 7) is 8.49. The Morgan fingerprint density at radius 2 is 2.06 bits per heavy atom. The van der Waals surface area contributed by atoms with Gasteiger partial charge in [0.25, 0.3) is 0 Å². The molecule has 0 N–H and O–H groups in total. The first kappa shape index (κ1) is 21.0. The number of pyridine rings is 1. The fourth-order valence-corrected chi connectivity index (χ4v) is 7.74. The predicted octanol–water partition coefficient (Wildman–Crippen LogP) is 4.57. The lowest BCUT2D eigenvalue weighted by molar-refractivity contribution is -0.137. The number of rotatable bonds is 3. The van der Waals surface area contributed by atoms with Crippen LogP contribution in [0.25, 0.3) is 5.57 Å². The van der Waals surface area contributed by atoms with Crippen molar-refractivity contribution in [2.45, 2.75) is 58.9 Å². The zero-order valence-electron chi connectivity index (χ0n) is 19.4. The zero-order chi connectivity index (χ0) is 21.8. The van der Waals surface area contributed by atoms with Crippen LogP contribution in [0.5, 0.6) is 5.75 Å². The van der Waals surface area contributed by atoms with Gasteiger partial charge in [-0.15, -0.1) is 0 Å². The number of fused-ring (bicyclic) bond motifs is 5. The van der Waals surface area contributed by atoms with E-state index in [9.17, 15) is 4.79 Å². The lowest BCUT2D eigenvalue weighted by atomic mass is 9.48. The molecule has 1 aromatic rings. The van der Waals surface area contributed by atoms with E-state index >= 15 is 0 Å². The van der Waals surface area contributed by atoms with Gasteiger partial charge in [-0.3, -0.25) is 9.78 Å². The molecule has 168 valence electrons. The van der Waals surface area contributed by atoms with Gasteiger partial charge in [0.2, 0.25) is 5.91 Å². The largest absolute Gasteiger partial charge is 0.492 e. The SMILES string of the molecule is CCOc1cncc(C2=CC[C@H]3[C@@H]4CCC5N(C)C(=O)COC[C@]5(C)[C@H]4CC[C@]23C)c1. The molecular weight excluding hydrogens is 388 g/mol. The monoisotopic (exact) mass is 424 g/mol. The second-order valence-corrected chi connectivity index (χ2v) is 10.6. The number of ether oxygens (including phenoxy) is 2. The van der Waals surface area contributed by atoms with Crippen molar-refractivity contribution in [1.29, 1.82) is 0 Å². The number of carbonyl (C=O) groups is 1. The maximum atomic E-state index is 12.5. The minimum Gasteiger partial charge on any atom is -0.492 e. The first-order valence-electron chi connectivity index (χ1n) is 12.0. The van der Waals surface area contributed by atoms with Crippen LogP contribution in [0.15, 0.2) is 24.5 Å². The third-order valence-corrected chi connectivity index (χ3v) is 9.23. The van der Waals surface area contributed by atoms with Gasteiger partial charge in [-0.1, -0.05) is 19.9 Å². The average molecular weight is 425 g/mol. The molecule has 4 aliphatic rings. The van der Waals surface area contributed by atoms with Crippen LogP contribution in [0.1, 0.15) is 58.4 Å². The summed E-state index contributed by atoms with van der Waals surface area (Å²) in [7, 11) is 1.99. The molecule has 1 unspecified atom stereocenters. The van der Waals surface area contributed by atoms with Crippen molar-refractivity contribution in [3.63, 3.8) is 0 Å². The van der Waals surface area contributed by atoms with Gasteiger partial charge in [-0.25, -0.2) is 0 Å². The number of hydrogen-bond donors (Lipinski definition) is 0. The van der Waals surface area contributed by atoms with E-state index in [0.717, 1.165) is 18.6 Å². The summed E-state index contributed by atoms with van der Waals surface area (Å²) in [5.41, 5.74) is 2.91. The van der Waals surface area contributed by atoms with Gasteiger partial charge in [-0.2, -0.15) is 0 Å². The van der Waals surface area contributed by atoms with Crippen LogP contribution in [-0.2, 0) is 9.53 Å². The van der Waals surface area contributed by atoms with Gasteiger partial charge >= 0.3 is 0 Å². The van der Waals surface area contributed by atoms with Gasteiger partial charge in [0, 0.05) is 24.7 Å². The summed E-state index contributed by atoms with van der Waals surface area (Å²) in [5, 5.41) is 0. The lowest BCUT2D eigenvalue weighted by Gasteiger charge is -2.59. The summed E-state index contributed by atoms with van der Waals surface area (Å²) in [4.78, 5) is 18.9. The summed E-state index contributed by atoms with van der Waals surface area (Å²) < 4.78 is 11.7. The van der Waals surface area contributed by atoms with E-state index in [1.165, 1.54) is 30.4 Å². The Morgan fingerprint density at radius 1 is 1.23 bits per heavy atom. The molecule has 3 aliphatic carbocycles. The van der Waals surface area contributed by atoms with Crippen molar-refractivity contribution in [3.8, 4) is 5.75 Å². The number of carbonyl (C=O) groups excluding carboxylic acids is 1. The zero-order valence-corrected chi connectivity index (χ0v) is 19.4. The molecule has 5 rings (SSSR count). The van der Waals surface area contributed by atoms with Crippen molar-refractivity contribution >= 4 is 11.5 Å². The molecule has 5 nitrogen and oxygen atoms in total. The fraction of sp³-hybridized carbons (Fsp3) is 0.692. The Bertz CT molecular complexity index is 898. The summed E-state index contributed by atoms with van der Waals surface area (Å²) >= 11 is 0. The Hall–Kier alpha value is -1.88. The highest BCUT2D eigenvalue weighted by atomic mass is 16.5. The van der Waals surface area contributed by atoms with Gasteiger partial charge in [0.1, 0.15) is 12.4 Å². The van der Waals surface area contributed by atoms with Crippen LogP contribution < -0.4 is 4.74 Å². The first-order chi connectivity index (χ1) is 14.9. The highest BCUT2D eigenvalue weighted by Crippen LogP contribution is 2.65. The van der Waals surface area contributed by atoms with Gasteiger partial charge in [-0.05, 0) is 79.4 Å². The summed E-state index contributed by atoms with van der Waals surface area (Å²) in [6, 6.07) is 2.47. The third kappa shape index (κ3) is 3.14. The number of aromatic nitrogens is 1. The lowest BCUT2D eigenvalue weighted by Crippen LogP contribution is -2.58. The molecule has 1 amide bonds. The maximum absolute atomic E-state index is 12.5. The average Bonchev–Trinajstić information content (AvgIpc) is 3.06. The Labute approximate surface area is 186 Å². The predicted molar refractivity (Wildman–Crippen MR) is 121 cm³/mol. The quantitative estimate of drug-likeness (QED) is 0.713. The Balaban J connectivity index is 1.43. The molecule has 2 heterocycles. The molecule has 0 radical (unpaired) electrons. The molecule has 1 aromatic heterocycles. The van der Waals surface area contributed by atoms with E-state index < -0.39 is 0 Å². The number of hydrogen-bond acceptors (Lipinski definition) is 4. The molecule has 5 heteroatoms. The summed E-state index contributed by atoms with van der Waals surface area (Å²) in [6.07, 6.45) is 12.1. The van der Waals surface area contributed by atoms with Crippen LogP contribution >= 0.6 is 0 Å². The van der Waals surface area contributed by atoms with Gasteiger partial charge in [0.15, 0.2) is 0 Å². The van der Waals surface area contributed by atoms with E-state index in [4.69, 9.17) is 9.47 Å². The number of allylic oxidation sites excluding steroid dienone is 2. The molecule has 0 spiro atoms. The minimum atomic E-state index is 0.0460. The van der Waals surface area contributed by atoms with Gasteiger partial charge < -0.3 is 14.4 Å². The molecule has 1 saturated heterocycles. The molecule has 0 aromatic carbocycles. The van der Waals surface area contributed by atoms with Crippen LogP contribution in [0.2, 0.25) is 0 Å². The van der Waals surface area contributed by atoms with E-state index in [1.807, 2.05) is 31.3 Å². The second kappa shape index (κ2) is 7.61. The van der Waals surface area contributed by atoms with E-state index in [-0.39, 0.29) is 23.3 Å². The molecule has 1 aliphatic heterocycles. The second-order valence-electron chi connectivity index (χ2n) is 10.6. The molecular formula is C26H36N2O3.